The Morgan fingerprint density at radius 3 is 2.41 bits per heavy atom. The number of rotatable bonds is 9. The van der Waals surface area contributed by atoms with Crippen LogP contribution in [0.15, 0.2) is 78.9 Å². The summed E-state index contributed by atoms with van der Waals surface area (Å²) in [5.74, 6) is -0.512. The van der Waals surface area contributed by atoms with Gasteiger partial charge in [0.1, 0.15) is 0 Å². The van der Waals surface area contributed by atoms with Crippen molar-refractivity contribution in [2.24, 2.45) is 0 Å². The highest BCUT2D eigenvalue weighted by Crippen LogP contribution is 2.49. The van der Waals surface area contributed by atoms with E-state index >= 15 is 0 Å². The van der Waals surface area contributed by atoms with Gasteiger partial charge in [-0.1, -0.05) is 60.1 Å². The first-order chi connectivity index (χ1) is 19.4. The minimum absolute atomic E-state index is 0.0504. The Morgan fingerprint density at radius 2 is 1.73 bits per heavy atom. The number of alkyl halides is 3. The van der Waals surface area contributed by atoms with Gasteiger partial charge < -0.3 is 10.1 Å². The Kier molecular flexibility index (Phi) is 8.18. The summed E-state index contributed by atoms with van der Waals surface area (Å²) in [4.78, 5) is 12.2. The van der Waals surface area contributed by atoms with E-state index in [9.17, 15) is 18.0 Å². The van der Waals surface area contributed by atoms with Crippen LogP contribution in [0.4, 0.5) is 13.2 Å². The molecule has 1 saturated carbocycles. The smallest absolute Gasteiger partial charge is 0.416 e. The van der Waals surface area contributed by atoms with E-state index in [0.717, 1.165) is 46.4 Å². The molecule has 4 aromatic carbocycles. The molecule has 1 atom stereocenters. The minimum atomic E-state index is -4.53. The Hall–Kier alpha value is -3.35. The first-order valence-electron chi connectivity index (χ1n) is 13.9. The second-order valence-electron chi connectivity index (χ2n) is 11.2. The molecule has 5 rings (SSSR count). The zero-order chi connectivity index (χ0) is 29.4. The Morgan fingerprint density at radius 1 is 0.976 bits per heavy atom. The predicted octanol–water partition coefficient (Wildman–Crippen LogP) is 9.40. The van der Waals surface area contributed by atoms with Crippen LogP contribution in [0, 0.1) is 0 Å². The van der Waals surface area contributed by atoms with Gasteiger partial charge in [-0.15, -0.1) is 0 Å². The average molecular weight is 580 g/mol. The molecular formula is C34H33ClF3NO2. The molecule has 1 fully saturated rings. The number of halogens is 4. The molecule has 214 valence electrons. The van der Waals surface area contributed by atoms with Crippen molar-refractivity contribution in [3.8, 4) is 11.1 Å². The standard InChI is InChI=1S/C34H33ClF3NO2/c1-21(2)41-32(40)14-12-26-17-25(11-13-31(26)34(36,37)38)30-20-27(18-24-7-4-5-10-29(24)30)33(15-16-33)39-22(3)23-8-6-9-28(35)19-23/h4-11,13,17-22,39H,12,14-16H2,1-3H3/t22-/m1/s1. The van der Waals surface area contributed by atoms with Crippen molar-refractivity contribution < 1.29 is 22.7 Å². The summed E-state index contributed by atoms with van der Waals surface area (Å²) in [6.45, 7) is 5.55. The first-order valence-corrected chi connectivity index (χ1v) is 14.3. The summed E-state index contributed by atoms with van der Waals surface area (Å²) in [5.41, 5.74) is 2.85. The van der Waals surface area contributed by atoms with Crippen LogP contribution in [-0.2, 0) is 27.7 Å². The predicted molar refractivity (Wildman–Crippen MR) is 158 cm³/mol. The normalized spacial score (nSPS) is 15.2. The summed E-state index contributed by atoms with van der Waals surface area (Å²) in [6, 6.07) is 24.3. The highest BCUT2D eigenvalue weighted by Gasteiger charge is 2.45. The molecule has 0 radical (unpaired) electrons. The quantitative estimate of drug-likeness (QED) is 0.201. The van der Waals surface area contributed by atoms with Gasteiger partial charge in [0.05, 0.1) is 11.7 Å². The van der Waals surface area contributed by atoms with E-state index in [2.05, 4.69) is 24.4 Å². The molecule has 4 aromatic rings. The number of aryl methyl sites for hydroxylation is 1. The number of ether oxygens (including phenoxy) is 1. The Bertz CT molecular complexity index is 1580. The van der Waals surface area contributed by atoms with E-state index in [0.29, 0.717) is 10.6 Å². The molecule has 3 nitrogen and oxygen atoms in total. The lowest BCUT2D eigenvalue weighted by atomic mass is 9.89. The summed E-state index contributed by atoms with van der Waals surface area (Å²) in [5, 5.41) is 6.46. The lowest BCUT2D eigenvalue weighted by Crippen LogP contribution is -2.31. The molecule has 0 saturated heterocycles. The van der Waals surface area contributed by atoms with Crippen LogP contribution in [-0.4, -0.2) is 12.1 Å². The molecule has 0 bridgehead atoms. The minimum Gasteiger partial charge on any atom is -0.463 e. The van der Waals surface area contributed by atoms with Crippen LogP contribution < -0.4 is 5.32 Å². The maximum atomic E-state index is 14.0. The monoisotopic (exact) mass is 579 g/mol. The van der Waals surface area contributed by atoms with Crippen LogP contribution in [0.5, 0.6) is 0 Å². The number of esters is 1. The van der Waals surface area contributed by atoms with E-state index in [1.165, 1.54) is 6.07 Å². The summed E-state index contributed by atoms with van der Waals surface area (Å²) in [6.07, 6.45) is -3.14. The van der Waals surface area contributed by atoms with Crippen molar-refractivity contribution in [1.29, 1.82) is 0 Å². The second kappa shape index (κ2) is 11.5. The van der Waals surface area contributed by atoms with E-state index in [4.69, 9.17) is 16.3 Å². The highest BCUT2D eigenvalue weighted by atomic mass is 35.5. The van der Waals surface area contributed by atoms with Crippen LogP contribution in [0.25, 0.3) is 21.9 Å². The first kappa shape index (κ1) is 29.2. The van der Waals surface area contributed by atoms with E-state index in [-0.39, 0.29) is 36.1 Å². The molecule has 0 aromatic heterocycles. The van der Waals surface area contributed by atoms with Gasteiger partial charge in [0, 0.05) is 23.0 Å². The van der Waals surface area contributed by atoms with E-state index in [1.807, 2.05) is 48.5 Å². The third-order valence-corrected chi connectivity index (χ3v) is 7.93. The molecule has 41 heavy (non-hydrogen) atoms. The van der Waals surface area contributed by atoms with Crippen LogP contribution in [0.3, 0.4) is 0 Å². The topological polar surface area (TPSA) is 38.3 Å². The number of carbonyl (C=O) groups excluding carboxylic acids is 1. The number of carbonyl (C=O) groups is 1. The molecule has 1 N–H and O–H groups in total. The molecule has 1 aliphatic carbocycles. The van der Waals surface area contributed by atoms with Crippen molar-refractivity contribution in [2.75, 3.05) is 0 Å². The maximum Gasteiger partial charge on any atom is 0.416 e. The van der Waals surface area contributed by atoms with E-state index < -0.39 is 17.7 Å². The molecule has 7 heteroatoms. The summed E-state index contributed by atoms with van der Waals surface area (Å²) >= 11 is 6.24. The molecule has 0 aliphatic heterocycles. The fourth-order valence-corrected chi connectivity index (χ4v) is 5.74. The van der Waals surface area contributed by atoms with Crippen LogP contribution in [0.1, 0.15) is 68.3 Å². The number of hydrogen-bond donors (Lipinski definition) is 1. The summed E-state index contributed by atoms with van der Waals surface area (Å²) < 4.78 is 47.0. The number of benzene rings is 4. The van der Waals surface area contributed by atoms with Crippen molar-refractivity contribution in [2.45, 2.75) is 70.3 Å². The van der Waals surface area contributed by atoms with Crippen molar-refractivity contribution in [3.63, 3.8) is 0 Å². The van der Waals surface area contributed by atoms with Crippen molar-refractivity contribution in [3.05, 3.63) is 106 Å². The molecular weight excluding hydrogens is 547 g/mol. The second-order valence-corrected chi connectivity index (χ2v) is 11.6. The number of hydrogen-bond acceptors (Lipinski definition) is 3. The fraction of sp³-hybridized carbons (Fsp3) is 0.324. The SMILES string of the molecule is CC(C)OC(=O)CCc1cc(-c2cc(C3(N[C@H](C)c4cccc(Cl)c4)CC3)cc3ccccc23)ccc1C(F)(F)F. The number of nitrogens with one attached hydrogen (secondary N) is 1. The van der Waals surface area contributed by atoms with Gasteiger partial charge in [-0.05, 0) is 109 Å². The lowest BCUT2D eigenvalue weighted by Gasteiger charge is -2.25. The molecule has 0 unspecified atom stereocenters. The molecule has 0 heterocycles. The Labute approximate surface area is 243 Å². The zero-order valence-electron chi connectivity index (χ0n) is 23.3. The van der Waals surface area contributed by atoms with Crippen molar-refractivity contribution >= 4 is 28.3 Å². The fourth-order valence-electron chi connectivity index (χ4n) is 5.54. The van der Waals surface area contributed by atoms with Crippen molar-refractivity contribution in [1.82, 2.24) is 5.32 Å². The molecule has 0 amide bonds. The van der Waals surface area contributed by atoms with Gasteiger partial charge in [-0.25, -0.2) is 0 Å². The Balaban J connectivity index is 1.54. The van der Waals surface area contributed by atoms with Crippen LogP contribution in [0.2, 0.25) is 5.02 Å². The maximum absolute atomic E-state index is 14.0. The summed E-state index contributed by atoms with van der Waals surface area (Å²) in [7, 11) is 0. The van der Waals surface area contributed by atoms with Gasteiger partial charge >= 0.3 is 12.1 Å². The molecule has 0 spiro atoms. The lowest BCUT2D eigenvalue weighted by molar-refractivity contribution is -0.147. The van der Waals surface area contributed by atoms with Gasteiger partial charge in [0.15, 0.2) is 0 Å². The highest BCUT2D eigenvalue weighted by molar-refractivity contribution is 6.30. The zero-order valence-corrected chi connectivity index (χ0v) is 24.1. The molecule has 1 aliphatic rings. The number of fused-ring (bicyclic) bond motifs is 1. The van der Waals surface area contributed by atoms with Gasteiger partial charge in [-0.2, -0.15) is 13.2 Å². The van der Waals surface area contributed by atoms with Crippen LogP contribution >= 0.6 is 11.6 Å². The largest absolute Gasteiger partial charge is 0.463 e. The average Bonchev–Trinajstić information content (AvgIpc) is 3.70. The van der Waals surface area contributed by atoms with Gasteiger partial charge in [0.2, 0.25) is 0 Å². The third kappa shape index (κ3) is 6.60. The van der Waals surface area contributed by atoms with Gasteiger partial charge in [0.25, 0.3) is 0 Å². The third-order valence-electron chi connectivity index (χ3n) is 7.69. The van der Waals surface area contributed by atoms with Gasteiger partial charge in [-0.3, -0.25) is 4.79 Å². The van der Waals surface area contributed by atoms with E-state index in [1.54, 1.807) is 19.9 Å².